The first-order valence-corrected chi connectivity index (χ1v) is 10.1. The van der Waals surface area contributed by atoms with Crippen molar-refractivity contribution in [2.75, 3.05) is 39.5 Å². The second-order valence-corrected chi connectivity index (χ2v) is 6.72. The zero-order valence-corrected chi connectivity index (χ0v) is 20.7. The number of ether oxygens (including phenoxy) is 2. The number of hydrogen-bond acceptors (Lipinski definition) is 4. The molecule has 8 heteroatoms. The fourth-order valence-corrected chi connectivity index (χ4v) is 2.36. The first-order valence-electron chi connectivity index (χ1n) is 10.1. The summed E-state index contributed by atoms with van der Waals surface area (Å²) >= 11 is 0. The Labute approximate surface area is 192 Å². The van der Waals surface area contributed by atoms with Crippen molar-refractivity contribution in [1.82, 2.24) is 16.0 Å². The minimum Gasteiger partial charge on any atom is -0.491 e. The van der Waals surface area contributed by atoms with Gasteiger partial charge in [-0.3, -0.25) is 4.79 Å². The quantitative estimate of drug-likeness (QED) is 0.171. The molecule has 0 unspecified atom stereocenters. The molecule has 0 aliphatic rings. The highest BCUT2D eigenvalue weighted by molar-refractivity contribution is 14.0. The fourth-order valence-electron chi connectivity index (χ4n) is 2.36. The normalized spacial score (nSPS) is 11.0. The number of aliphatic imine (C=N–C) groups is 1. The SMILES string of the molecule is CCNC(=NCc1ccc(C)cc1OCCOCC)NCCNC(=O)C(C)C.I. The summed E-state index contributed by atoms with van der Waals surface area (Å²) in [5.41, 5.74) is 2.16. The molecule has 166 valence electrons. The van der Waals surface area contributed by atoms with Crippen LogP contribution in [-0.2, 0) is 16.1 Å². The Morgan fingerprint density at radius 3 is 2.48 bits per heavy atom. The number of halogens is 1. The second kappa shape index (κ2) is 16.3. The van der Waals surface area contributed by atoms with Gasteiger partial charge in [0.15, 0.2) is 5.96 Å². The van der Waals surface area contributed by atoms with Crippen LogP contribution in [0.1, 0.15) is 38.8 Å². The van der Waals surface area contributed by atoms with Crippen molar-refractivity contribution in [2.45, 2.75) is 41.2 Å². The summed E-state index contributed by atoms with van der Waals surface area (Å²) in [6, 6.07) is 6.13. The largest absolute Gasteiger partial charge is 0.491 e. The van der Waals surface area contributed by atoms with Crippen molar-refractivity contribution < 1.29 is 14.3 Å². The molecule has 0 bridgehead atoms. The molecule has 0 fully saturated rings. The molecule has 0 spiro atoms. The monoisotopic (exact) mass is 520 g/mol. The molecule has 0 aliphatic carbocycles. The third-order valence-electron chi connectivity index (χ3n) is 3.90. The standard InChI is InChI=1S/C21H36N4O3.HI/c1-6-22-21(24-11-10-23-20(26)16(3)4)25-15-18-9-8-17(5)14-19(18)28-13-12-27-7-2;/h8-9,14,16H,6-7,10-13,15H2,1-5H3,(H,23,26)(H2,22,24,25);1H. The summed E-state index contributed by atoms with van der Waals surface area (Å²) in [5, 5.41) is 9.35. The Morgan fingerprint density at radius 2 is 1.83 bits per heavy atom. The van der Waals surface area contributed by atoms with E-state index in [1.807, 2.05) is 46.8 Å². The average Bonchev–Trinajstić information content (AvgIpc) is 2.67. The van der Waals surface area contributed by atoms with Crippen molar-refractivity contribution in [1.29, 1.82) is 0 Å². The fraction of sp³-hybridized carbons (Fsp3) is 0.619. The lowest BCUT2D eigenvalue weighted by Gasteiger charge is -2.14. The average molecular weight is 520 g/mol. The van der Waals surface area contributed by atoms with E-state index in [1.54, 1.807) is 0 Å². The molecular weight excluding hydrogens is 483 g/mol. The third kappa shape index (κ3) is 11.9. The summed E-state index contributed by atoms with van der Waals surface area (Å²) in [7, 11) is 0. The van der Waals surface area contributed by atoms with Crippen molar-refractivity contribution >= 4 is 35.8 Å². The highest BCUT2D eigenvalue weighted by atomic mass is 127. The molecule has 1 amide bonds. The maximum atomic E-state index is 11.6. The number of guanidine groups is 1. The second-order valence-electron chi connectivity index (χ2n) is 6.72. The maximum absolute atomic E-state index is 11.6. The number of nitrogens with one attached hydrogen (secondary N) is 3. The van der Waals surface area contributed by atoms with Crippen molar-refractivity contribution in [2.24, 2.45) is 10.9 Å². The Balaban J connectivity index is 0.00000784. The van der Waals surface area contributed by atoms with E-state index in [-0.39, 0.29) is 35.8 Å². The first-order chi connectivity index (χ1) is 13.5. The molecule has 29 heavy (non-hydrogen) atoms. The summed E-state index contributed by atoms with van der Waals surface area (Å²) in [5.74, 6) is 1.59. The number of carbonyl (C=O) groups excluding carboxylic acids is 1. The maximum Gasteiger partial charge on any atom is 0.222 e. The third-order valence-corrected chi connectivity index (χ3v) is 3.90. The van der Waals surface area contributed by atoms with Gasteiger partial charge in [-0.1, -0.05) is 26.0 Å². The van der Waals surface area contributed by atoms with E-state index in [2.05, 4.69) is 27.0 Å². The zero-order chi connectivity index (χ0) is 20.8. The van der Waals surface area contributed by atoms with Crippen LogP contribution in [-0.4, -0.2) is 51.3 Å². The van der Waals surface area contributed by atoms with Gasteiger partial charge in [0.2, 0.25) is 5.91 Å². The predicted octanol–water partition coefficient (Wildman–Crippen LogP) is 2.86. The topological polar surface area (TPSA) is 84.0 Å². The highest BCUT2D eigenvalue weighted by Crippen LogP contribution is 2.21. The Hall–Kier alpha value is -1.55. The van der Waals surface area contributed by atoms with Crippen LogP contribution in [0.25, 0.3) is 0 Å². The highest BCUT2D eigenvalue weighted by Gasteiger charge is 2.07. The van der Waals surface area contributed by atoms with Gasteiger partial charge in [0.05, 0.1) is 13.2 Å². The summed E-state index contributed by atoms with van der Waals surface area (Å²) < 4.78 is 11.2. The lowest BCUT2D eigenvalue weighted by Crippen LogP contribution is -2.42. The van der Waals surface area contributed by atoms with E-state index in [1.165, 1.54) is 0 Å². The van der Waals surface area contributed by atoms with Gasteiger partial charge in [-0.2, -0.15) is 0 Å². The summed E-state index contributed by atoms with van der Waals surface area (Å²) in [4.78, 5) is 16.2. The van der Waals surface area contributed by atoms with E-state index in [0.717, 1.165) is 23.4 Å². The lowest BCUT2D eigenvalue weighted by atomic mass is 10.1. The minimum atomic E-state index is -0.00964. The van der Waals surface area contributed by atoms with Gasteiger partial charge in [0.1, 0.15) is 12.4 Å². The van der Waals surface area contributed by atoms with Crippen LogP contribution < -0.4 is 20.7 Å². The van der Waals surface area contributed by atoms with Crippen molar-refractivity contribution in [3.05, 3.63) is 29.3 Å². The molecule has 1 aromatic carbocycles. The van der Waals surface area contributed by atoms with Gasteiger partial charge in [-0.15, -0.1) is 24.0 Å². The smallest absolute Gasteiger partial charge is 0.222 e. The predicted molar refractivity (Wildman–Crippen MR) is 129 cm³/mol. The molecule has 1 aromatic rings. The number of aryl methyl sites for hydroxylation is 1. The minimum absolute atomic E-state index is 0. The number of benzene rings is 1. The van der Waals surface area contributed by atoms with Crippen LogP contribution in [0, 0.1) is 12.8 Å². The molecule has 0 atom stereocenters. The number of rotatable bonds is 12. The van der Waals surface area contributed by atoms with Crippen LogP contribution in [0.5, 0.6) is 5.75 Å². The van der Waals surface area contributed by atoms with Crippen LogP contribution in [0.3, 0.4) is 0 Å². The number of amides is 1. The van der Waals surface area contributed by atoms with E-state index in [4.69, 9.17) is 9.47 Å². The molecule has 0 saturated heterocycles. The number of carbonyl (C=O) groups is 1. The van der Waals surface area contributed by atoms with Crippen LogP contribution in [0.15, 0.2) is 23.2 Å². The van der Waals surface area contributed by atoms with Crippen LogP contribution in [0.4, 0.5) is 0 Å². The molecule has 0 saturated carbocycles. The van der Waals surface area contributed by atoms with E-state index in [0.29, 0.717) is 45.4 Å². The molecule has 0 radical (unpaired) electrons. The van der Waals surface area contributed by atoms with Crippen LogP contribution >= 0.6 is 24.0 Å². The summed E-state index contributed by atoms with van der Waals surface area (Å²) in [6.45, 7) is 14.0. The Kier molecular flexibility index (Phi) is 15.4. The molecule has 0 aromatic heterocycles. The number of nitrogens with zero attached hydrogens (tertiary/aromatic N) is 1. The van der Waals surface area contributed by atoms with Gasteiger partial charge in [-0.25, -0.2) is 4.99 Å². The first kappa shape index (κ1) is 27.5. The summed E-state index contributed by atoms with van der Waals surface area (Å²) in [6.07, 6.45) is 0. The Morgan fingerprint density at radius 1 is 1.10 bits per heavy atom. The molecule has 7 nitrogen and oxygen atoms in total. The molecule has 3 N–H and O–H groups in total. The van der Waals surface area contributed by atoms with Crippen molar-refractivity contribution in [3.8, 4) is 5.75 Å². The molecule has 0 heterocycles. The van der Waals surface area contributed by atoms with E-state index >= 15 is 0 Å². The van der Waals surface area contributed by atoms with Gasteiger partial charge in [0.25, 0.3) is 0 Å². The number of hydrogen-bond donors (Lipinski definition) is 3. The zero-order valence-electron chi connectivity index (χ0n) is 18.3. The molecule has 0 aliphatic heterocycles. The Bertz CT molecular complexity index is 624. The van der Waals surface area contributed by atoms with Crippen molar-refractivity contribution in [3.63, 3.8) is 0 Å². The van der Waals surface area contributed by atoms with Crippen LogP contribution in [0.2, 0.25) is 0 Å². The molecule has 1 rings (SSSR count). The van der Waals surface area contributed by atoms with Gasteiger partial charge in [-0.05, 0) is 32.4 Å². The van der Waals surface area contributed by atoms with Gasteiger partial charge in [0, 0.05) is 37.7 Å². The van der Waals surface area contributed by atoms with E-state index < -0.39 is 0 Å². The lowest BCUT2D eigenvalue weighted by molar-refractivity contribution is -0.123. The van der Waals surface area contributed by atoms with Gasteiger partial charge < -0.3 is 25.4 Å². The van der Waals surface area contributed by atoms with Gasteiger partial charge >= 0.3 is 0 Å². The van der Waals surface area contributed by atoms with E-state index in [9.17, 15) is 4.79 Å². The molecular formula is C21H37IN4O3.